The average molecular weight is 148 g/mol. The topological polar surface area (TPSA) is 21.6 Å². The van der Waals surface area contributed by atoms with Crippen LogP contribution < -0.4 is 0 Å². The van der Waals surface area contributed by atoms with Crippen molar-refractivity contribution in [1.82, 2.24) is 0 Å². The number of hydrogen-bond acceptors (Lipinski definition) is 2. The molecule has 0 N–H and O–H groups in total. The van der Waals surface area contributed by atoms with E-state index in [1.807, 2.05) is 24.3 Å². The summed E-state index contributed by atoms with van der Waals surface area (Å²) < 4.78 is 0. The van der Waals surface area contributed by atoms with Crippen LogP contribution in [0.5, 0.6) is 0 Å². The molecule has 1 rings (SSSR count). The van der Waals surface area contributed by atoms with Crippen molar-refractivity contribution in [2.24, 2.45) is 5.16 Å². The first-order valence-electron chi connectivity index (χ1n) is 3.31. The molecule has 0 unspecified atom stereocenters. The van der Waals surface area contributed by atoms with Gasteiger partial charge in [0.25, 0.3) is 0 Å². The number of oxime groups is 1. The van der Waals surface area contributed by atoms with Gasteiger partial charge in [0.05, 0.1) is 6.21 Å². The van der Waals surface area contributed by atoms with Crippen LogP contribution in [0.4, 0.5) is 0 Å². The molecule has 0 aromatic heterocycles. The lowest BCUT2D eigenvalue weighted by Crippen LogP contribution is -1.82. The second-order valence-corrected chi connectivity index (χ2v) is 2.16. The first-order chi connectivity index (χ1) is 5.33. The number of benzene rings is 1. The third-order valence-corrected chi connectivity index (χ3v) is 1.26. The molecule has 0 saturated heterocycles. The molecule has 1 aromatic carbocycles. The van der Waals surface area contributed by atoms with Gasteiger partial charge < -0.3 is 4.84 Å². The van der Waals surface area contributed by atoms with Crippen LogP contribution >= 0.6 is 0 Å². The maximum atomic E-state index is 4.53. The molecule has 0 amide bonds. The highest BCUT2D eigenvalue weighted by atomic mass is 16.6. The van der Waals surface area contributed by atoms with Crippen LogP contribution in [0.1, 0.15) is 11.1 Å². The van der Waals surface area contributed by atoms with Crippen molar-refractivity contribution >= 4 is 6.21 Å². The van der Waals surface area contributed by atoms with Gasteiger partial charge >= 0.3 is 0 Å². The van der Waals surface area contributed by atoms with Crippen LogP contribution in [0, 0.1) is 6.92 Å². The Labute approximate surface area is 66.5 Å². The van der Waals surface area contributed by atoms with E-state index in [0.717, 1.165) is 11.1 Å². The van der Waals surface area contributed by atoms with Gasteiger partial charge in [0.15, 0.2) is 0 Å². The molecule has 0 bridgehead atoms. The molecule has 2 heteroatoms. The second-order valence-electron chi connectivity index (χ2n) is 2.16. The van der Waals surface area contributed by atoms with E-state index in [-0.39, 0.29) is 0 Å². The summed E-state index contributed by atoms with van der Waals surface area (Å²) >= 11 is 0. The van der Waals surface area contributed by atoms with Crippen LogP contribution in [0.2, 0.25) is 0 Å². The van der Waals surface area contributed by atoms with Crippen LogP contribution in [-0.2, 0) is 4.84 Å². The van der Waals surface area contributed by atoms with E-state index in [9.17, 15) is 0 Å². The summed E-state index contributed by atoms with van der Waals surface area (Å²) in [6.45, 7) is 3.79. The lowest BCUT2D eigenvalue weighted by molar-refractivity contribution is 0.215. The fourth-order valence-corrected chi connectivity index (χ4v) is 0.787. The predicted octanol–water partition coefficient (Wildman–Crippen LogP) is 1.85. The maximum Gasteiger partial charge on any atom is 0.106 e. The summed E-state index contributed by atoms with van der Waals surface area (Å²) in [5.74, 6) is 0. The highest BCUT2D eigenvalue weighted by molar-refractivity contribution is 5.79. The summed E-state index contributed by atoms with van der Waals surface area (Å²) in [6, 6.07) is 7.74. The van der Waals surface area contributed by atoms with E-state index >= 15 is 0 Å². The minimum atomic E-state index is 0.977. The van der Waals surface area contributed by atoms with Gasteiger partial charge in [0.1, 0.15) is 7.11 Å². The zero-order valence-electron chi connectivity index (χ0n) is 6.45. The molecule has 0 aliphatic carbocycles. The number of rotatable bonds is 2. The Morgan fingerprint density at radius 1 is 1.55 bits per heavy atom. The third-order valence-electron chi connectivity index (χ3n) is 1.26. The molecular formula is C9H10NO. The van der Waals surface area contributed by atoms with E-state index in [1.165, 1.54) is 7.11 Å². The Balaban J connectivity index is 2.79. The van der Waals surface area contributed by atoms with Crippen LogP contribution in [0.15, 0.2) is 29.4 Å². The second kappa shape index (κ2) is 3.76. The highest BCUT2D eigenvalue weighted by Gasteiger charge is 1.86. The Bertz CT molecular complexity index is 255. The normalized spacial score (nSPS) is 10.4. The summed E-state index contributed by atoms with van der Waals surface area (Å²) in [7, 11) is 1.52. The Morgan fingerprint density at radius 3 is 3.00 bits per heavy atom. The van der Waals surface area contributed by atoms with Gasteiger partial charge in [-0.1, -0.05) is 29.4 Å². The SMILES string of the molecule is [CH2]c1cccc(/C=N/OC)c1. The molecule has 1 aromatic rings. The lowest BCUT2D eigenvalue weighted by Gasteiger charge is -1.93. The zero-order chi connectivity index (χ0) is 8.10. The maximum absolute atomic E-state index is 4.53. The van der Waals surface area contributed by atoms with Gasteiger partial charge in [-0.15, -0.1) is 0 Å². The van der Waals surface area contributed by atoms with Crippen molar-refractivity contribution in [3.8, 4) is 0 Å². The van der Waals surface area contributed by atoms with Gasteiger partial charge in [-0.05, 0) is 18.1 Å². The fourth-order valence-electron chi connectivity index (χ4n) is 0.787. The highest BCUT2D eigenvalue weighted by Crippen LogP contribution is 2.00. The third kappa shape index (κ3) is 2.42. The van der Waals surface area contributed by atoms with Crippen LogP contribution in [0.3, 0.4) is 0 Å². The summed E-state index contributed by atoms with van der Waals surface area (Å²) in [4.78, 5) is 4.53. The van der Waals surface area contributed by atoms with E-state index in [0.29, 0.717) is 0 Å². The first kappa shape index (κ1) is 7.79. The molecular weight excluding hydrogens is 138 g/mol. The molecule has 0 spiro atoms. The quantitative estimate of drug-likeness (QED) is 0.463. The zero-order valence-corrected chi connectivity index (χ0v) is 6.45. The molecule has 1 radical (unpaired) electrons. The van der Waals surface area contributed by atoms with Crippen molar-refractivity contribution in [2.45, 2.75) is 0 Å². The lowest BCUT2D eigenvalue weighted by atomic mass is 10.2. The van der Waals surface area contributed by atoms with E-state index in [4.69, 9.17) is 0 Å². The number of nitrogens with zero attached hydrogens (tertiary/aromatic N) is 1. The Morgan fingerprint density at radius 2 is 2.36 bits per heavy atom. The van der Waals surface area contributed by atoms with Crippen molar-refractivity contribution in [1.29, 1.82) is 0 Å². The van der Waals surface area contributed by atoms with Crippen LogP contribution in [0.25, 0.3) is 0 Å². The molecule has 0 heterocycles. The minimum Gasteiger partial charge on any atom is -0.399 e. The largest absolute Gasteiger partial charge is 0.399 e. The molecule has 2 nitrogen and oxygen atoms in total. The molecule has 57 valence electrons. The van der Waals surface area contributed by atoms with Crippen molar-refractivity contribution in [2.75, 3.05) is 7.11 Å². The smallest absolute Gasteiger partial charge is 0.106 e. The van der Waals surface area contributed by atoms with E-state index in [2.05, 4.69) is 16.9 Å². The first-order valence-corrected chi connectivity index (χ1v) is 3.31. The van der Waals surface area contributed by atoms with Gasteiger partial charge in [-0.25, -0.2) is 0 Å². The summed E-state index contributed by atoms with van der Waals surface area (Å²) in [5.41, 5.74) is 1.98. The Kier molecular flexibility index (Phi) is 2.66. The monoisotopic (exact) mass is 148 g/mol. The molecule has 0 aliphatic heterocycles. The van der Waals surface area contributed by atoms with E-state index in [1.54, 1.807) is 6.21 Å². The standard InChI is InChI=1S/C9H10NO/c1-8-4-3-5-9(6-8)7-10-11-2/h3-7H,1H2,2H3/b10-7+. The summed E-state index contributed by atoms with van der Waals surface area (Å²) in [5, 5.41) is 3.63. The van der Waals surface area contributed by atoms with Gasteiger partial charge in [-0.3, -0.25) is 0 Å². The van der Waals surface area contributed by atoms with Gasteiger partial charge in [0, 0.05) is 0 Å². The summed E-state index contributed by atoms with van der Waals surface area (Å²) in [6.07, 6.45) is 1.65. The van der Waals surface area contributed by atoms with Crippen molar-refractivity contribution in [3.05, 3.63) is 42.3 Å². The predicted molar refractivity (Wildman–Crippen MR) is 45.5 cm³/mol. The van der Waals surface area contributed by atoms with Crippen molar-refractivity contribution < 1.29 is 4.84 Å². The molecule has 0 aliphatic rings. The molecule has 0 atom stereocenters. The molecule has 0 fully saturated rings. The number of hydrogen-bond donors (Lipinski definition) is 0. The molecule has 11 heavy (non-hydrogen) atoms. The van der Waals surface area contributed by atoms with Gasteiger partial charge in [-0.2, -0.15) is 0 Å². The fraction of sp³-hybridized carbons (Fsp3) is 0.111. The Hall–Kier alpha value is -1.31. The molecule has 0 saturated carbocycles. The van der Waals surface area contributed by atoms with Gasteiger partial charge in [0.2, 0.25) is 0 Å². The minimum absolute atomic E-state index is 0.977. The average Bonchev–Trinajstić information content (AvgIpc) is 2.01. The van der Waals surface area contributed by atoms with Crippen LogP contribution in [-0.4, -0.2) is 13.3 Å². The van der Waals surface area contributed by atoms with Crippen molar-refractivity contribution in [3.63, 3.8) is 0 Å². The van der Waals surface area contributed by atoms with E-state index < -0.39 is 0 Å².